The van der Waals surface area contributed by atoms with E-state index in [1.807, 2.05) is 6.07 Å². The Balaban J connectivity index is 2.35. The fraction of sp³-hybridized carbons (Fsp3) is 0.600. The van der Waals surface area contributed by atoms with E-state index >= 15 is 0 Å². The summed E-state index contributed by atoms with van der Waals surface area (Å²) in [6.45, 7) is 7.28. The number of furan rings is 1. The van der Waals surface area contributed by atoms with Crippen LogP contribution in [-0.4, -0.2) is 6.04 Å². The molecule has 0 aliphatic carbocycles. The van der Waals surface area contributed by atoms with Gasteiger partial charge in [0.25, 0.3) is 0 Å². The lowest BCUT2D eigenvalue weighted by Gasteiger charge is -2.16. The first kappa shape index (κ1) is 10.6. The Morgan fingerprint density at radius 1 is 1.38 bits per heavy atom. The van der Waals surface area contributed by atoms with Gasteiger partial charge in [0, 0.05) is 6.04 Å². The molecule has 2 nitrogen and oxygen atoms in total. The SMILES string of the molecule is CC(C)C(C)NCc1ccc(Cl)o1. The molecule has 0 spiro atoms. The van der Waals surface area contributed by atoms with Crippen molar-refractivity contribution in [2.75, 3.05) is 0 Å². The fourth-order valence-electron chi connectivity index (χ4n) is 0.944. The second kappa shape index (κ2) is 4.68. The second-order valence-electron chi connectivity index (χ2n) is 3.62. The van der Waals surface area contributed by atoms with Crippen molar-refractivity contribution < 1.29 is 4.42 Å². The van der Waals surface area contributed by atoms with E-state index in [0.717, 1.165) is 12.3 Å². The summed E-state index contributed by atoms with van der Waals surface area (Å²) >= 11 is 5.64. The maximum Gasteiger partial charge on any atom is 0.193 e. The summed E-state index contributed by atoms with van der Waals surface area (Å²) in [5, 5.41) is 3.81. The average Bonchev–Trinajstić information content (AvgIpc) is 2.47. The first-order valence-corrected chi connectivity index (χ1v) is 4.95. The van der Waals surface area contributed by atoms with Crippen molar-refractivity contribution in [3.63, 3.8) is 0 Å². The van der Waals surface area contributed by atoms with Gasteiger partial charge >= 0.3 is 0 Å². The molecule has 0 aliphatic heterocycles. The van der Waals surface area contributed by atoms with E-state index in [2.05, 4.69) is 26.1 Å². The number of halogens is 1. The molecule has 1 atom stereocenters. The number of nitrogens with one attached hydrogen (secondary N) is 1. The fourth-order valence-corrected chi connectivity index (χ4v) is 1.11. The van der Waals surface area contributed by atoms with Gasteiger partial charge in [-0.2, -0.15) is 0 Å². The summed E-state index contributed by atoms with van der Waals surface area (Å²) in [6, 6.07) is 4.14. The molecule has 0 amide bonds. The van der Waals surface area contributed by atoms with E-state index in [1.54, 1.807) is 6.07 Å². The highest BCUT2D eigenvalue weighted by Crippen LogP contribution is 2.13. The molecule has 13 heavy (non-hydrogen) atoms. The third-order valence-electron chi connectivity index (χ3n) is 2.23. The number of rotatable bonds is 4. The van der Waals surface area contributed by atoms with Crippen LogP contribution in [0.25, 0.3) is 0 Å². The van der Waals surface area contributed by atoms with E-state index < -0.39 is 0 Å². The summed E-state index contributed by atoms with van der Waals surface area (Å²) < 4.78 is 5.22. The molecule has 0 saturated carbocycles. The molecule has 0 saturated heterocycles. The molecular formula is C10H16ClNO. The largest absolute Gasteiger partial charge is 0.448 e. The van der Waals surface area contributed by atoms with Crippen LogP contribution in [0.1, 0.15) is 26.5 Å². The van der Waals surface area contributed by atoms with E-state index in [0.29, 0.717) is 17.2 Å². The van der Waals surface area contributed by atoms with Gasteiger partial charge < -0.3 is 9.73 Å². The molecule has 0 bridgehead atoms. The van der Waals surface area contributed by atoms with Gasteiger partial charge in [0.05, 0.1) is 6.54 Å². The first-order valence-electron chi connectivity index (χ1n) is 4.57. The Bertz CT molecular complexity index is 257. The minimum atomic E-state index is 0.453. The van der Waals surface area contributed by atoms with E-state index in [4.69, 9.17) is 16.0 Å². The van der Waals surface area contributed by atoms with Crippen molar-refractivity contribution in [1.29, 1.82) is 0 Å². The van der Waals surface area contributed by atoms with Crippen LogP contribution in [0.4, 0.5) is 0 Å². The van der Waals surface area contributed by atoms with Gasteiger partial charge in [0.15, 0.2) is 5.22 Å². The topological polar surface area (TPSA) is 25.2 Å². The smallest absolute Gasteiger partial charge is 0.193 e. The highest BCUT2D eigenvalue weighted by atomic mass is 35.5. The molecule has 0 radical (unpaired) electrons. The van der Waals surface area contributed by atoms with Crippen LogP contribution in [0.5, 0.6) is 0 Å². The van der Waals surface area contributed by atoms with Gasteiger partial charge in [-0.1, -0.05) is 13.8 Å². The summed E-state index contributed by atoms with van der Waals surface area (Å²) in [4.78, 5) is 0. The van der Waals surface area contributed by atoms with Crippen LogP contribution >= 0.6 is 11.6 Å². The summed E-state index contributed by atoms with van der Waals surface area (Å²) in [6.07, 6.45) is 0. The highest BCUT2D eigenvalue weighted by Gasteiger charge is 2.07. The van der Waals surface area contributed by atoms with Crippen LogP contribution in [-0.2, 0) is 6.54 Å². The standard InChI is InChI=1S/C10H16ClNO/c1-7(2)8(3)12-6-9-4-5-10(11)13-9/h4-5,7-8,12H,6H2,1-3H3. The van der Waals surface area contributed by atoms with Crippen LogP contribution in [0.3, 0.4) is 0 Å². The molecule has 3 heteroatoms. The van der Waals surface area contributed by atoms with E-state index in [1.165, 1.54) is 0 Å². The maximum atomic E-state index is 5.64. The Morgan fingerprint density at radius 3 is 2.54 bits per heavy atom. The lowest BCUT2D eigenvalue weighted by Crippen LogP contribution is -2.29. The molecule has 0 aliphatic rings. The minimum absolute atomic E-state index is 0.453. The van der Waals surface area contributed by atoms with Gasteiger partial charge in [-0.15, -0.1) is 0 Å². The zero-order valence-corrected chi connectivity index (χ0v) is 9.06. The normalized spacial score (nSPS) is 13.6. The highest BCUT2D eigenvalue weighted by molar-refractivity contribution is 6.28. The Morgan fingerprint density at radius 2 is 2.08 bits per heavy atom. The predicted octanol–water partition coefficient (Wildman–Crippen LogP) is 3.07. The van der Waals surface area contributed by atoms with Crippen LogP contribution in [0, 0.1) is 5.92 Å². The quantitative estimate of drug-likeness (QED) is 0.810. The third-order valence-corrected chi connectivity index (χ3v) is 2.43. The molecule has 74 valence electrons. The van der Waals surface area contributed by atoms with E-state index in [-0.39, 0.29) is 0 Å². The zero-order chi connectivity index (χ0) is 9.84. The molecule has 1 heterocycles. The lowest BCUT2D eigenvalue weighted by atomic mass is 10.1. The predicted molar refractivity (Wildman–Crippen MR) is 54.9 cm³/mol. The van der Waals surface area contributed by atoms with Crippen molar-refractivity contribution in [1.82, 2.24) is 5.32 Å². The molecule has 1 aromatic heterocycles. The lowest BCUT2D eigenvalue weighted by molar-refractivity contribution is 0.396. The van der Waals surface area contributed by atoms with Crippen LogP contribution < -0.4 is 5.32 Å². The first-order chi connectivity index (χ1) is 6.09. The number of hydrogen-bond acceptors (Lipinski definition) is 2. The minimum Gasteiger partial charge on any atom is -0.448 e. The van der Waals surface area contributed by atoms with Crippen LogP contribution in [0.15, 0.2) is 16.5 Å². The molecule has 0 aromatic carbocycles. The monoisotopic (exact) mass is 201 g/mol. The molecule has 1 N–H and O–H groups in total. The molecule has 1 rings (SSSR count). The summed E-state index contributed by atoms with van der Waals surface area (Å²) in [5.74, 6) is 1.52. The molecule has 1 unspecified atom stereocenters. The van der Waals surface area contributed by atoms with Crippen molar-refractivity contribution >= 4 is 11.6 Å². The van der Waals surface area contributed by atoms with Crippen molar-refractivity contribution in [3.8, 4) is 0 Å². The Labute approximate surface area is 84.3 Å². The Hall–Kier alpha value is -0.470. The zero-order valence-electron chi connectivity index (χ0n) is 8.30. The number of hydrogen-bond donors (Lipinski definition) is 1. The second-order valence-corrected chi connectivity index (χ2v) is 3.99. The van der Waals surface area contributed by atoms with Crippen LogP contribution in [0.2, 0.25) is 5.22 Å². The third kappa shape index (κ3) is 3.41. The van der Waals surface area contributed by atoms with Crippen molar-refractivity contribution in [2.24, 2.45) is 5.92 Å². The molecular weight excluding hydrogens is 186 g/mol. The van der Waals surface area contributed by atoms with Crippen molar-refractivity contribution in [2.45, 2.75) is 33.4 Å². The van der Waals surface area contributed by atoms with Crippen molar-refractivity contribution in [3.05, 3.63) is 23.1 Å². The Kier molecular flexibility index (Phi) is 3.82. The summed E-state index contributed by atoms with van der Waals surface area (Å²) in [5.41, 5.74) is 0. The van der Waals surface area contributed by atoms with Gasteiger partial charge in [-0.25, -0.2) is 0 Å². The summed E-state index contributed by atoms with van der Waals surface area (Å²) in [7, 11) is 0. The average molecular weight is 202 g/mol. The van der Waals surface area contributed by atoms with Gasteiger partial charge in [0.2, 0.25) is 0 Å². The maximum absolute atomic E-state index is 5.64. The van der Waals surface area contributed by atoms with E-state index in [9.17, 15) is 0 Å². The van der Waals surface area contributed by atoms with Gasteiger partial charge in [-0.05, 0) is 36.6 Å². The van der Waals surface area contributed by atoms with Gasteiger partial charge in [0.1, 0.15) is 5.76 Å². The molecule has 0 fully saturated rings. The molecule has 1 aromatic rings. The van der Waals surface area contributed by atoms with Gasteiger partial charge in [-0.3, -0.25) is 0 Å².